The molecule has 1 amide bonds. The summed E-state index contributed by atoms with van der Waals surface area (Å²) < 4.78 is 10.8. The van der Waals surface area contributed by atoms with Gasteiger partial charge in [-0.3, -0.25) is 10.1 Å². The number of hydrogen-bond donors (Lipinski definition) is 2. The zero-order valence-corrected chi connectivity index (χ0v) is 16.6. The molecule has 1 aliphatic heterocycles. The van der Waals surface area contributed by atoms with Crippen LogP contribution >= 0.6 is 0 Å². The van der Waals surface area contributed by atoms with Crippen LogP contribution in [0, 0.1) is 13.8 Å². The molecule has 148 valence electrons. The highest BCUT2D eigenvalue weighted by molar-refractivity contribution is 6.10. The number of nitrogens with zero attached hydrogens (tertiary/aromatic N) is 1. The monoisotopic (exact) mass is 381 g/mol. The van der Waals surface area contributed by atoms with Gasteiger partial charge in [0.05, 0.1) is 19.8 Å². The summed E-state index contributed by atoms with van der Waals surface area (Å²) >= 11 is 0. The largest absolute Gasteiger partial charge is 0.497 e. The maximum absolute atomic E-state index is 12.7. The molecule has 3 rings (SSSR count). The fraction of sp³-hybridized carbons (Fsp3) is 0.364. The van der Waals surface area contributed by atoms with Crippen molar-refractivity contribution in [1.82, 2.24) is 5.32 Å². The summed E-state index contributed by atoms with van der Waals surface area (Å²) in [6.45, 7) is 5.30. The lowest BCUT2D eigenvalue weighted by atomic mass is 10.1. The number of ether oxygens (including phenoxy) is 2. The van der Waals surface area contributed by atoms with Crippen molar-refractivity contribution in [2.24, 2.45) is 4.99 Å². The average Bonchev–Trinajstić information content (AvgIpc) is 3.22. The normalized spacial score (nSPS) is 16.7. The summed E-state index contributed by atoms with van der Waals surface area (Å²) in [6.07, 6.45) is 2.15. The summed E-state index contributed by atoms with van der Waals surface area (Å²) in [5, 5.41) is 6.08. The van der Waals surface area contributed by atoms with E-state index in [2.05, 4.69) is 15.6 Å². The molecular weight excluding hydrogens is 354 g/mol. The number of hydrogen-bond acceptors (Lipinski definition) is 4. The average molecular weight is 381 g/mol. The molecule has 0 saturated carbocycles. The van der Waals surface area contributed by atoms with Crippen molar-refractivity contribution in [3.05, 3.63) is 59.2 Å². The van der Waals surface area contributed by atoms with Crippen molar-refractivity contribution in [2.45, 2.75) is 32.8 Å². The van der Waals surface area contributed by atoms with Gasteiger partial charge in [0.15, 0.2) is 0 Å². The number of guanidine groups is 1. The van der Waals surface area contributed by atoms with E-state index >= 15 is 0 Å². The number of nitrogens with one attached hydrogen (secondary N) is 2. The number of anilines is 1. The van der Waals surface area contributed by atoms with Crippen molar-refractivity contribution in [2.75, 3.05) is 25.6 Å². The van der Waals surface area contributed by atoms with Crippen LogP contribution in [0.1, 0.15) is 34.3 Å². The predicted molar refractivity (Wildman–Crippen MR) is 111 cm³/mol. The fourth-order valence-corrected chi connectivity index (χ4v) is 2.97. The number of carbonyl (C=O) groups excluding carboxylic acids is 1. The number of carbonyl (C=O) groups is 1. The third-order valence-electron chi connectivity index (χ3n) is 4.83. The molecule has 1 unspecified atom stereocenters. The Kier molecular flexibility index (Phi) is 6.66. The molecule has 1 saturated heterocycles. The van der Waals surface area contributed by atoms with Gasteiger partial charge in [-0.2, -0.15) is 0 Å². The highest BCUT2D eigenvalue weighted by Gasteiger charge is 2.16. The molecule has 0 aromatic heterocycles. The Hall–Kier alpha value is -2.86. The molecule has 6 heteroatoms. The van der Waals surface area contributed by atoms with Gasteiger partial charge in [0.2, 0.25) is 5.96 Å². The lowest BCUT2D eigenvalue weighted by molar-refractivity contribution is 0.0975. The summed E-state index contributed by atoms with van der Waals surface area (Å²) in [6, 6.07) is 13.1. The second-order valence-electron chi connectivity index (χ2n) is 6.93. The van der Waals surface area contributed by atoms with Gasteiger partial charge in [0.25, 0.3) is 5.91 Å². The number of amides is 1. The first-order chi connectivity index (χ1) is 13.5. The molecule has 0 radical (unpaired) electrons. The first-order valence-electron chi connectivity index (χ1n) is 9.51. The molecule has 1 fully saturated rings. The van der Waals surface area contributed by atoms with Gasteiger partial charge in [0.1, 0.15) is 5.75 Å². The molecule has 0 spiro atoms. The number of aryl methyl sites for hydroxylation is 2. The van der Waals surface area contributed by atoms with Crippen LogP contribution in [0.25, 0.3) is 0 Å². The molecule has 28 heavy (non-hydrogen) atoms. The van der Waals surface area contributed by atoms with E-state index in [0.29, 0.717) is 18.1 Å². The third kappa shape index (κ3) is 5.33. The van der Waals surface area contributed by atoms with Gasteiger partial charge >= 0.3 is 0 Å². The lowest BCUT2D eigenvalue weighted by Gasteiger charge is -2.14. The number of methoxy groups -OCH3 is 1. The standard InChI is InChI=1S/C22H27N3O3/c1-15-6-7-17(13-16(15)2)21(26)25-22(23-14-20-5-4-12-28-20)24-18-8-10-19(27-3)11-9-18/h6-11,13,20H,4-5,12,14H2,1-3H3,(H2,23,24,25,26). The summed E-state index contributed by atoms with van der Waals surface area (Å²) in [5.74, 6) is 0.974. The van der Waals surface area contributed by atoms with Crippen LogP contribution in [-0.4, -0.2) is 38.2 Å². The van der Waals surface area contributed by atoms with Crippen molar-refractivity contribution in [3.8, 4) is 5.75 Å². The SMILES string of the molecule is COc1ccc(NC(=NCC2CCCO2)NC(=O)c2ccc(C)c(C)c2)cc1. The molecule has 2 aromatic carbocycles. The highest BCUT2D eigenvalue weighted by atomic mass is 16.5. The van der Waals surface area contributed by atoms with Crippen LogP contribution < -0.4 is 15.4 Å². The minimum Gasteiger partial charge on any atom is -0.497 e. The van der Waals surface area contributed by atoms with Gasteiger partial charge < -0.3 is 14.8 Å². The van der Waals surface area contributed by atoms with Crippen LogP contribution in [0.3, 0.4) is 0 Å². The number of benzene rings is 2. The van der Waals surface area contributed by atoms with E-state index in [1.54, 1.807) is 7.11 Å². The first kappa shape index (κ1) is 19.9. The van der Waals surface area contributed by atoms with Crippen molar-refractivity contribution in [1.29, 1.82) is 0 Å². The van der Waals surface area contributed by atoms with E-state index < -0.39 is 0 Å². The Morgan fingerprint density at radius 2 is 1.96 bits per heavy atom. The van der Waals surface area contributed by atoms with Gasteiger partial charge in [-0.1, -0.05) is 6.07 Å². The minimum absolute atomic E-state index is 0.103. The van der Waals surface area contributed by atoms with E-state index in [0.717, 1.165) is 42.0 Å². The van der Waals surface area contributed by atoms with Gasteiger partial charge in [-0.25, -0.2) is 4.99 Å². The Morgan fingerprint density at radius 3 is 2.61 bits per heavy atom. The van der Waals surface area contributed by atoms with E-state index in [4.69, 9.17) is 9.47 Å². The maximum atomic E-state index is 12.7. The first-order valence-corrected chi connectivity index (χ1v) is 9.51. The Labute approximate surface area is 166 Å². The molecule has 2 aromatic rings. The quantitative estimate of drug-likeness (QED) is 0.612. The molecule has 1 heterocycles. The molecular formula is C22H27N3O3. The summed E-state index contributed by atoms with van der Waals surface area (Å²) in [4.78, 5) is 17.3. The van der Waals surface area contributed by atoms with E-state index in [1.807, 2.05) is 56.3 Å². The summed E-state index contributed by atoms with van der Waals surface area (Å²) in [5.41, 5.74) is 3.64. The van der Waals surface area contributed by atoms with Crippen LogP contribution in [0.15, 0.2) is 47.5 Å². The number of aliphatic imine (C=N–C) groups is 1. The van der Waals surface area contributed by atoms with Crippen molar-refractivity contribution >= 4 is 17.6 Å². The fourth-order valence-electron chi connectivity index (χ4n) is 2.97. The molecule has 0 bridgehead atoms. The van der Waals surface area contributed by atoms with Crippen molar-refractivity contribution < 1.29 is 14.3 Å². The zero-order valence-electron chi connectivity index (χ0n) is 16.6. The smallest absolute Gasteiger partial charge is 0.257 e. The second-order valence-corrected chi connectivity index (χ2v) is 6.93. The molecule has 1 aliphatic rings. The highest BCUT2D eigenvalue weighted by Crippen LogP contribution is 2.16. The summed E-state index contributed by atoms with van der Waals surface area (Å²) in [7, 11) is 1.63. The van der Waals surface area contributed by atoms with Crippen LogP contribution in [-0.2, 0) is 4.74 Å². The molecule has 1 atom stereocenters. The zero-order chi connectivity index (χ0) is 19.9. The van der Waals surface area contributed by atoms with Crippen LogP contribution in [0.2, 0.25) is 0 Å². The van der Waals surface area contributed by atoms with E-state index in [9.17, 15) is 4.79 Å². The predicted octanol–water partition coefficient (Wildman–Crippen LogP) is 3.69. The van der Waals surface area contributed by atoms with E-state index in [-0.39, 0.29) is 12.0 Å². The van der Waals surface area contributed by atoms with Crippen molar-refractivity contribution in [3.63, 3.8) is 0 Å². The van der Waals surface area contributed by atoms with Gasteiger partial charge in [-0.15, -0.1) is 0 Å². The third-order valence-corrected chi connectivity index (χ3v) is 4.83. The Bertz CT molecular complexity index is 841. The molecule has 0 aliphatic carbocycles. The van der Waals surface area contributed by atoms with E-state index in [1.165, 1.54) is 0 Å². The van der Waals surface area contributed by atoms with Gasteiger partial charge in [0, 0.05) is 17.9 Å². The second kappa shape index (κ2) is 9.37. The number of rotatable bonds is 5. The lowest BCUT2D eigenvalue weighted by Crippen LogP contribution is -2.36. The van der Waals surface area contributed by atoms with Gasteiger partial charge in [-0.05, 0) is 74.2 Å². The Morgan fingerprint density at radius 1 is 1.18 bits per heavy atom. The molecule has 6 nitrogen and oxygen atoms in total. The van der Waals surface area contributed by atoms with Crippen LogP contribution in [0.4, 0.5) is 5.69 Å². The maximum Gasteiger partial charge on any atom is 0.257 e. The Balaban J connectivity index is 1.74. The topological polar surface area (TPSA) is 71.9 Å². The molecule has 2 N–H and O–H groups in total. The van der Waals surface area contributed by atoms with Crippen LogP contribution in [0.5, 0.6) is 5.75 Å². The minimum atomic E-state index is -0.199.